The molecule has 1 aliphatic heterocycles. The van der Waals surface area contributed by atoms with Crippen molar-refractivity contribution in [1.29, 1.82) is 0 Å². The molecule has 2 N–H and O–H groups in total. The van der Waals surface area contributed by atoms with Crippen LogP contribution in [0.15, 0.2) is 42.7 Å². The fourth-order valence-electron chi connectivity index (χ4n) is 3.09. The Morgan fingerprint density at radius 1 is 1.36 bits per heavy atom. The summed E-state index contributed by atoms with van der Waals surface area (Å²) in [5.41, 5.74) is 1.76. The molecule has 1 fully saturated rings. The van der Waals surface area contributed by atoms with E-state index in [1.165, 1.54) is 5.56 Å². The topological polar surface area (TPSA) is 59.0 Å². The number of carbonyl (C=O) groups excluding carboxylic acids is 1. The molecule has 1 saturated heterocycles. The molecule has 1 aliphatic rings. The molecule has 3 rings (SSSR count). The van der Waals surface area contributed by atoms with Crippen LogP contribution in [0, 0.1) is 6.92 Å². The molecule has 1 amide bonds. The third kappa shape index (κ3) is 2.90. The molecule has 0 unspecified atom stereocenters. The number of amides is 1. The minimum absolute atomic E-state index is 0.0548. The third-order valence-electron chi connectivity index (χ3n) is 4.33. The van der Waals surface area contributed by atoms with E-state index in [4.69, 9.17) is 0 Å². The van der Waals surface area contributed by atoms with Gasteiger partial charge in [-0.15, -0.1) is 0 Å². The minimum Gasteiger partial charge on any atom is -0.350 e. The number of hydrogen-bond acceptors (Lipinski definition) is 3. The molecular formula is C17H22N4O. The summed E-state index contributed by atoms with van der Waals surface area (Å²) in [6.07, 6.45) is 5.14. The summed E-state index contributed by atoms with van der Waals surface area (Å²) < 4.78 is 1.82. The number of nitrogens with zero attached hydrogens (tertiary/aromatic N) is 2. The Kier molecular flexibility index (Phi) is 4.24. The van der Waals surface area contributed by atoms with Crippen LogP contribution in [0.1, 0.15) is 24.0 Å². The van der Waals surface area contributed by atoms with E-state index in [2.05, 4.69) is 34.8 Å². The Balaban J connectivity index is 1.75. The Morgan fingerprint density at radius 2 is 2.18 bits per heavy atom. The number of nitrogens with one attached hydrogen (secondary N) is 2. The van der Waals surface area contributed by atoms with Gasteiger partial charge in [-0.2, -0.15) is 5.10 Å². The normalized spacial score (nSPS) is 17.1. The summed E-state index contributed by atoms with van der Waals surface area (Å²) >= 11 is 0. The molecule has 0 aliphatic carbocycles. The van der Waals surface area contributed by atoms with E-state index in [0.29, 0.717) is 6.54 Å². The maximum atomic E-state index is 12.9. The van der Waals surface area contributed by atoms with E-state index < -0.39 is 5.54 Å². The van der Waals surface area contributed by atoms with Crippen molar-refractivity contribution in [3.8, 4) is 0 Å². The van der Waals surface area contributed by atoms with Gasteiger partial charge in [0.25, 0.3) is 0 Å². The number of benzene rings is 1. The van der Waals surface area contributed by atoms with Crippen molar-refractivity contribution in [3.05, 3.63) is 53.9 Å². The van der Waals surface area contributed by atoms with Crippen molar-refractivity contribution in [1.82, 2.24) is 20.4 Å². The highest BCUT2D eigenvalue weighted by atomic mass is 16.2. The van der Waals surface area contributed by atoms with Crippen molar-refractivity contribution < 1.29 is 4.79 Å². The molecule has 2 aromatic rings. The van der Waals surface area contributed by atoms with Crippen LogP contribution in [0.5, 0.6) is 0 Å². The van der Waals surface area contributed by atoms with Gasteiger partial charge in [0.15, 0.2) is 0 Å². The number of carbonyl (C=O) groups is 1. The lowest BCUT2D eigenvalue weighted by Gasteiger charge is -2.36. The monoisotopic (exact) mass is 298 g/mol. The van der Waals surface area contributed by atoms with E-state index in [0.717, 1.165) is 31.5 Å². The summed E-state index contributed by atoms with van der Waals surface area (Å²) in [5, 5.41) is 10.7. The molecule has 0 spiro atoms. The zero-order chi connectivity index (χ0) is 15.4. The predicted molar refractivity (Wildman–Crippen MR) is 85.3 cm³/mol. The maximum Gasteiger partial charge on any atom is 0.248 e. The van der Waals surface area contributed by atoms with Crippen LogP contribution in [0.2, 0.25) is 0 Å². The van der Waals surface area contributed by atoms with Gasteiger partial charge in [0.1, 0.15) is 5.54 Å². The van der Waals surface area contributed by atoms with Crippen LogP contribution in [0.4, 0.5) is 0 Å². The van der Waals surface area contributed by atoms with Gasteiger partial charge >= 0.3 is 0 Å². The quantitative estimate of drug-likeness (QED) is 0.901. The van der Waals surface area contributed by atoms with Gasteiger partial charge in [-0.05, 0) is 44.5 Å². The summed E-state index contributed by atoms with van der Waals surface area (Å²) in [7, 11) is 0. The van der Waals surface area contributed by atoms with E-state index in [-0.39, 0.29) is 5.91 Å². The van der Waals surface area contributed by atoms with Crippen molar-refractivity contribution in [2.45, 2.75) is 31.8 Å². The first-order valence-corrected chi connectivity index (χ1v) is 7.75. The molecule has 116 valence electrons. The number of hydrogen-bond donors (Lipinski definition) is 2. The molecule has 5 nitrogen and oxygen atoms in total. The fraction of sp³-hybridized carbons (Fsp3) is 0.412. The third-order valence-corrected chi connectivity index (χ3v) is 4.33. The number of aromatic nitrogens is 2. The molecule has 5 heteroatoms. The first kappa shape index (κ1) is 14.8. The lowest BCUT2D eigenvalue weighted by atomic mass is 9.87. The van der Waals surface area contributed by atoms with Gasteiger partial charge in [-0.3, -0.25) is 9.48 Å². The molecule has 1 aromatic carbocycles. The lowest BCUT2D eigenvalue weighted by Crippen LogP contribution is -2.54. The molecule has 0 bridgehead atoms. The number of aryl methyl sites for hydroxylation is 1. The number of rotatable bonds is 4. The summed E-state index contributed by atoms with van der Waals surface area (Å²) in [4.78, 5) is 12.9. The van der Waals surface area contributed by atoms with E-state index >= 15 is 0 Å². The van der Waals surface area contributed by atoms with Crippen molar-refractivity contribution >= 4 is 5.91 Å². The van der Waals surface area contributed by atoms with E-state index in [9.17, 15) is 4.79 Å². The second-order valence-corrected chi connectivity index (χ2v) is 5.90. The Morgan fingerprint density at radius 3 is 2.86 bits per heavy atom. The molecule has 22 heavy (non-hydrogen) atoms. The van der Waals surface area contributed by atoms with Gasteiger partial charge in [0.2, 0.25) is 5.91 Å². The Bertz CT molecular complexity index is 630. The van der Waals surface area contributed by atoms with Gasteiger partial charge in [0, 0.05) is 18.9 Å². The summed E-state index contributed by atoms with van der Waals surface area (Å²) in [6.45, 7) is 4.27. The van der Waals surface area contributed by atoms with Crippen molar-refractivity contribution in [3.63, 3.8) is 0 Å². The smallest absolute Gasteiger partial charge is 0.248 e. The second kappa shape index (κ2) is 6.32. The van der Waals surface area contributed by atoms with Crippen LogP contribution in [0.25, 0.3) is 0 Å². The van der Waals surface area contributed by atoms with Crippen molar-refractivity contribution in [2.75, 3.05) is 13.1 Å². The van der Waals surface area contributed by atoms with Crippen LogP contribution in [-0.4, -0.2) is 28.8 Å². The molecule has 0 radical (unpaired) electrons. The van der Waals surface area contributed by atoms with Crippen molar-refractivity contribution in [2.24, 2.45) is 0 Å². The second-order valence-electron chi connectivity index (χ2n) is 5.90. The fourth-order valence-corrected chi connectivity index (χ4v) is 3.09. The van der Waals surface area contributed by atoms with Gasteiger partial charge < -0.3 is 10.6 Å². The van der Waals surface area contributed by atoms with Gasteiger partial charge in [0.05, 0.1) is 0 Å². The first-order chi connectivity index (χ1) is 10.7. The minimum atomic E-state index is -0.571. The highest BCUT2D eigenvalue weighted by Crippen LogP contribution is 2.27. The maximum absolute atomic E-state index is 12.9. The van der Waals surface area contributed by atoms with Gasteiger partial charge in [-0.1, -0.05) is 29.8 Å². The molecule has 2 heterocycles. The zero-order valence-electron chi connectivity index (χ0n) is 12.9. The Labute approximate surface area is 130 Å². The van der Waals surface area contributed by atoms with Gasteiger partial charge in [-0.25, -0.2) is 0 Å². The van der Waals surface area contributed by atoms with Crippen LogP contribution < -0.4 is 10.6 Å². The highest BCUT2D eigenvalue weighted by Gasteiger charge is 2.41. The average Bonchev–Trinajstić information content (AvgIpc) is 3.08. The Hall–Kier alpha value is -2.14. The standard InChI is InChI=1S/C17H22N4O/c1-14-4-2-5-15(12-14)13-19-16(22)17(6-9-18-10-7-17)21-11-3-8-20-21/h2-5,8,11-12,18H,6-7,9-10,13H2,1H3,(H,19,22). The first-order valence-electron chi connectivity index (χ1n) is 7.75. The zero-order valence-corrected chi connectivity index (χ0v) is 12.9. The van der Waals surface area contributed by atoms with Crippen LogP contribution >= 0.6 is 0 Å². The average molecular weight is 298 g/mol. The molecule has 0 atom stereocenters. The van der Waals surface area contributed by atoms with E-state index in [1.54, 1.807) is 6.20 Å². The summed E-state index contributed by atoms with van der Waals surface area (Å²) in [6, 6.07) is 10.1. The highest BCUT2D eigenvalue weighted by molar-refractivity contribution is 5.84. The van der Waals surface area contributed by atoms with Crippen LogP contribution in [0.3, 0.4) is 0 Å². The van der Waals surface area contributed by atoms with Crippen LogP contribution in [-0.2, 0) is 16.9 Å². The largest absolute Gasteiger partial charge is 0.350 e. The van der Waals surface area contributed by atoms with E-state index in [1.807, 2.05) is 29.1 Å². The SMILES string of the molecule is Cc1cccc(CNC(=O)C2(n3cccn3)CCNCC2)c1. The molecular weight excluding hydrogens is 276 g/mol. The molecule has 1 aromatic heterocycles. The number of piperidine rings is 1. The summed E-state index contributed by atoms with van der Waals surface area (Å²) in [5.74, 6) is 0.0548. The molecule has 0 saturated carbocycles. The lowest BCUT2D eigenvalue weighted by molar-refractivity contribution is -0.132. The predicted octanol–water partition coefficient (Wildman–Crippen LogP) is 1.59.